The van der Waals surface area contributed by atoms with E-state index in [1.54, 1.807) is 37.3 Å². The van der Waals surface area contributed by atoms with Gasteiger partial charge >= 0.3 is 0 Å². The molecule has 0 aliphatic carbocycles. The van der Waals surface area contributed by atoms with Crippen LogP contribution in [0.25, 0.3) is 17.0 Å². The zero-order chi connectivity index (χ0) is 21.7. The number of halogens is 1. The fourth-order valence-corrected chi connectivity index (χ4v) is 3.27. The Labute approximate surface area is 180 Å². The Bertz CT molecular complexity index is 1070. The van der Waals surface area contributed by atoms with Crippen LogP contribution in [-0.4, -0.2) is 47.3 Å². The molecule has 0 bridgehead atoms. The zero-order valence-corrected chi connectivity index (χ0v) is 17.8. The van der Waals surface area contributed by atoms with Crippen molar-refractivity contribution in [2.75, 3.05) is 26.0 Å². The van der Waals surface area contributed by atoms with E-state index in [-0.39, 0.29) is 24.4 Å². The summed E-state index contributed by atoms with van der Waals surface area (Å²) in [6.45, 7) is 2.13. The summed E-state index contributed by atoms with van der Waals surface area (Å²) in [7, 11) is 3.35. The molecule has 1 unspecified atom stereocenters. The van der Waals surface area contributed by atoms with Gasteiger partial charge in [0.25, 0.3) is 0 Å². The fourth-order valence-electron chi connectivity index (χ4n) is 3.04. The molecule has 0 saturated carbocycles. The first-order valence-electron chi connectivity index (χ1n) is 9.51. The second-order valence-corrected chi connectivity index (χ2v) is 7.28. The van der Waals surface area contributed by atoms with Gasteiger partial charge in [0.05, 0.1) is 23.1 Å². The summed E-state index contributed by atoms with van der Waals surface area (Å²) in [6.07, 6.45) is 6.77. The molecule has 2 heterocycles. The Morgan fingerprint density at radius 2 is 2.10 bits per heavy atom. The van der Waals surface area contributed by atoms with Crippen LogP contribution in [0.2, 0.25) is 5.02 Å². The summed E-state index contributed by atoms with van der Waals surface area (Å²) in [6, 6.07) is 9.17. The van der Waals surface area contributed by atoms with Crippen LogP contribution in [0, 0.1) is 0 Å². The van der Waals surface area contributed by atoms with Gasteiger partial charge in [-0.3, -0.25) is 9.59 Å². The molecule has 0 radical (unpaired) electrons. The van der Waals surface area contributed by atoms with Crippen LogP contribution in [-0.2, 0) is 9.59 Å². The monoisotopic (exact) mass is 425 g/mol. The minimum atomic E-state index is -0.135. The smallest absolute Gasteiger partial charge is 0.246 e. The third-order valence-electron chi connectivity index (χ3n) is 4.99. The summed E-state index contributed by atoms with van der Waals surface area (Å²) in [5, 5.41) is 7.11. The van der Waals surface area contributed by atoms with E-state index < -0.39 is 0 Å². The van der Waals surface area contributed by atoms with Crippen molar-refractivity contribution in [2.45, 2.75) is 13.0 Å². The zero-order valence-electron chi connectivity index (χ0n) is 17.1. The van der Waals surface area contributed by atoms with Crippen LogP contribution in [0.4, 0.5) is 5.82 Å². The van der Waals surface area contributed by atoms with Crippen LogP contribution in [0.15, 0.2) is 48.8 Å². The summed E-state index contributed by atoms with van der Waals surface area (Å²) in [5.74, 6) is 0.340. The molecule has 0 saturated heterocycles. The molecule has 7 nitrogen and oxygen atoms in total. The van der Waals surface area contributed by atoms with Crippen molar-refractivity contribution in [1.82, 2.24) is 20.2 Å². The second-order valence-electron chi connectivity index (χ2n) is 6.87. The number of para-hydroxylation sites is 1. The number of nitrogens with zero attached hydrogens (tertiary/aromatic N) is 2. The first kappa shape index (κ1) is 21.4. The molecular formula is C22H24ClN5O2. The Kier molecular flexibility index (Phi) is 6.74. The van der Waals surface area contributed by atoms with Crippen molar-refractivity contribution < 1.29 is 9.59 Å². The number of rotatable bonds is 7. The molecule has 2 amide bonds. The Balaban J connectivity index is 1.65. The van der Waals surface area contributed by atoms with Crippen molar-refractivity contribution in [3.05, 3.63) is 65.0 Å². The number of anilines is 1. The Morgan fingerprint density at radius 1 is 1.30 bits per heavy atom. The number of nitrogens with one attached hydrogen (secondary N) is 3. The lowest BCUT2D eigenvalue weighted by Gasteiger charge is -2.23. The van der Waals surface area contributed by atoms with Crippen molar-refractivity contribution in [2.24, 2.45) is 0 Å². The average Bonchev–Trinajstić information content (AvgIpc) is 3.21. The van der Waals surface area contributed by atoms with Gasteiger partial charge in [-0.25, -0.2) is 4.98 Å². The number of benzene rings is 1. The number of carbonyl (C=O) groups excluding carboxylic acids is 2. The van der Waals surface area contributed by atoms with Crippen LogP contribution >= 0.6 is 11.6 Å². The second kappa shape index (κ2) is 9.45. The number of fused-ring (bicyclic) bond motifs is 1. The van der Waals surface area contributed by atoms with Gasteiger partial charge in [0.1, 0.15) is 5.82 Å². The van der Waals surface area contributed by atoms with Crippen molar-refractivity contribution in [3.8, 4) is 0 Å². The number of pyridine rings is 1. The molecule has 156 valence electrons. The Hall–Kier alpha value is -3.32. The Morgan fingerprint density at radius 3 is 2.80 bits per heavy atom. The standard InChI is InChI=1S/C22H24ClN5O2/c1-14(17-12-27-22-16(17)5-4-6-18(22)23)28(3)21(30)10-8-15-7-9-19(25-11-15)26-13-20(29)24-2/h4-12,14,27H,13H2,1-3H3,(H,24,29)(H,25,26)/b10-8+. The number of carbonyl (C=O) groups is 2. The molecule has 3 aromatic rings. The predicted octanol–water partition coefficient (Wildman–Crippen LogP) is 3.61. The quantitative estimate of drug-likeness (QED) is 0.504. The fraction of sp³-hybridized carbons (Fsp3) is 0.227. The lowest BCUT2D eigenvalue weighted by Crippen LogP contribution is -2.27. The summed E-state index contributed by atoms with van der Waals surface area (Å²) >= 11 is 6.24. The van der Waals surface area contributed by atoms with Crippen molar-refractivity contribution in [3.63, 3.8) is 0 Å². The van der Waals surface area contributed by atoms with Gasteiger partial charge in [-0.15, -0.1) is 0 Å². The van der Waals surface area contributed by atoms with Crippen molar-refractivity contribution in [1.29, 1.82) is 0 Å². The van der Waals surface area contributed by atoms with E-state index >= 15 is 0 Å². The highest BCUT2D eigenvalue weighted by Gasteiger charge is 2.19. The first-order valence-corrected chi connectivity index (χ1v) is 9.89. The van der Waals surface area contributed by atoms with Crippen LogP contribution in [0.3, 0.4) is 0 Å². The molecule has 30 heavy (non-hydrogen) atoms. The van der Waals surface area contributed by atoms with E-state index in [4.69, 9.17) is 11.6 Å². The van der Waals surface area contributed by atoms with Crippen LogP contribution in [0.1, 0.15) is 24.1 Å². The van der Waals surface area contributed by atoms with Gasteiger partial charge in [-0.05, 0) is 42.3 Å². The minimum Gasteiger partial charge on any atom is -0.361 e. The highest BCUT2D eigenvalue weighted by atomic mass is 35.5. The lowest BCUT2D eigenvalue weighted by molar-refractivity contribution is -0.126. The molecule has 8 heteroatoms. The molecule has 2 aromatic heterocycles. The first-order chi connectivity index (χ1) is 14.4. The normalized spacial score (nSPS) is 12.1. The van der Waals surface area contributed by atoms with Gasteiger partial charge in [0.2, 0.25) is 11.8 Å². The summed E-state index contributed by atoms with van der Waals surface area (Å²) < 4.78 is 0. The topological polar surface area (TPSA) is 90.1 Å². The molecule has 3 N–H and O–H groups in total. The molecule has 0 fully saturated rings. The molecule has 0 spiro atoms. The predicted molar refractivity (Wildman–Crippen MR) is 120 cm³/mol. The van der Waals surface area contributed by atoms with E-state index in [9.17, 15) is 9.59 Å². The maximum absolute atomic E-state index is 12.7. The van der Waals surface area contributed by atoms with Gasteiger partial charge in [-0.2, -0.15) is 0 Å². The number of hydrogen-bond donors (Lipinski definition) is 3. The largest absolute Gasteiger partial charge is 0.361 e. The third-order valence-corrected chi connectivity index (χ3v) is 5.30. The van der Waals surface area contributed by atoms with Crippen molar-refractivity contribution >= 4 is 46.2 Å². The van der Waals surface area contributed by atoms with Gasteiger partial charge in [0, 0.05) is 38.0 Å². The molecule has 3 rings (SSSR count). The highest BCUT2D eigenvalue weighted by Crippen LogP contribution is 2.31. The number of aromatic amines is 1. The molecule has 0 aliphatic rings. The average molecular weight is 426 g/mol. The van der Waals surface area contributed by atoms with Gasteiger partial charge < -0.3 is 20.5 Å². The molecular weight excluding hydrogens is 402 g/mol. The molecule has 0 aliphatic heterocycles. The number of likely N-dealkylation sites (N-methyl/N-ethyl adjacent to an activating group) is 2. The highest BCUT2D eigenvalue weighted by molar-refractivity contribution is 6.35. The summed E-state index contributed by atoms with van der Waals surface area (Å²) in [5.41, 5.74) is 2.66. The number of aromatic nitrogens is 2. The van der Waals surface area contributed by atoms with E-state index in [0.29, 0.717) is 10.8 Å². The molecule has 1 atom stereocenters. The number of amides is 2. The number of H-pyrrole nitrogens is 1. The molecule has 1 aromatic carbocycles. The van der Waals surface area contributed by atoms with E-state index in [2.05, 4.69) is 20.6 Å². The third kappa shape index (κ3) is 4.80. The maximum Gasteiger partial charge on any atom is 0.246 e. The lowest BCUT2D eigenvalue weighted by atomic mass is 10.1. The SMILES string of the molecule is CNC(=O)CNc1ccc(/C=C/C(=O)N(C)C(C)c2c[nH]c3c(Cl)cccc23)cn1. The van der Waals surface area contributed by atoms with Crippen LogP contribution in [0.5, 0.6) is 0 Å². The maximum atomic E-state index is 12.7. The van der Waals surface area contributed by atoms with Crippen LogP contribution < -0.4 is 10.6 Å². The van der Waals surface area contributed by atoms with E-state index in [1.807, 2.05) is 37.4 Å². The summed E-state index contributed by atoms with van der Waals surface area (Å²) in [4.78, 5) is 33.0. The van der Waals surface area contributed by atoms with E-state index in [0.717, 1.165) is 22.0 Å². The minimum absolute atomic E-state index is 0.124. The van der Waals surface area contributed by atoms with Gasteiger partial charge in [-0.1, -0.05) is 23.7 Å². The number of hydrogen-bond acceptors (Lipinski definition) is 4. The van der Waals surface area contributed by atoms with Gasteiger partial charge in [0.15, 0.2) is 0 Å². The van der Waals surface area contributed by atoms with E-state index in [1.165, 1.54) is 6.08 Å².